The quantitative estimate of drug-likeness (QED) is 0.863. The Balaban J connectivity index is 1.64. The van der Waals surface area contributed by atoms with Crippen molar-refractivity contribution in [3.8, 4) is 11.5 Å². The lowest BCUT2D eigenvalue weighted by atomic mass is 10.1. The normalized spacial score (nSPS) is 20.4. The highest BCUT2D eigenvalue weighted by atomic mass is 32.2. The van der Waals surface area contributed by atoms with Gasteiger partial charge in [-0.3, -0.25) is 4.79 Å². The number of benzene rings is 1. The van der Waals surface area contributed by atoms with Gasteiger partial charge in [-0.25, -0.2) is 13.1 Å². The Labute approximate surface area is 141 Å². The van der Waals surface area contributed by atoms with Crippen molar-refractivity contribution < 1.29 is 27.4 Å². The Morgan fingerprint density at radius 1 is 1.12 bits per heavy atom. The summed E-state index contributed by atoms with van der Waals surface area (Å²) in [5.41, 5.74) is 0. The third kappa shape index (κ3) is 4.18. The van der Waals surface area contributed by atoms with E-state index in [1.54, 1.807) is 6.07 Å². The molecule has 24 heavy (non-hydrogen) atoms. The molecule has 1 saturated heterocycles. The fourth-order valence-electron chi connectivity index (χ4n) is 2.73. The lowest BCUT2D eigenvalue weighted by molar-refractivity contribution is -0.119. The average molecular weight is 355 g/mol. The zero-order chi connectivity index (χ0) is 17.0. The van der Waals surface area contributed by atoms with Gasteiger partial charge in [-0.15, -0.1) is 0 Å². The first kappa shape index (κ1) is 17.0. The Kier molecular flexibility index (Phi) is 5.25. The second-order valence-corrected chi connectivity index (χ2v) is 7.54. The largest absolute Gasteiger partial charge is 0.490 e. The van der Waals surface area contributed by atoms with Crippen LogP contribution in [0.4, 0.5) is 0 Å². The molecule has 0 aromatic heterocycles. The molecule has 1 N–H and O–H groups in total. The van der Waals surface area contributed by atoms with Gasteiger partial charge in [0.1, 0.15) is 0 Å². The zero-order valence-corrected chi connectivity index (χ0v) is 14.1. The van der Waals surface area contributed by atoms with Gasteiger partial charge in [-0.1, -0.05) is 0 Å². The summed E-state index contributed by atoms with van der Waals surface area (Å²) in [6.07, 6.45) is 3.34. The van der Waals surface area contributed by atoms with Crippen LogP contribution in [0, 0.1) is 0 Å². The Morgan fingerprint density at radius 3 is 2.67 bits per heavy atom. The number of fused-ring (bicyclic) bond motifs is 1. The highest BCUT2D eigenvalue weighted by molar-refractivity contribution is 7.90. The third-order valence-electron chi connectivity index (χ3n) is 3.99. The molecule has 8 heteroatoms. The van der Waals surface area contributed by atoms with E-state index in [4.69, 9.17) is 14.2 Å². The van der Waals surface area contributed by atoms with Crippen LogP contribution in [0.3, 0.4) is 0 Å². The molecule has 1 atom stereocenters. The van der Waals surface area contributed by atoms with Gasteiger partial charge in [0, 0.05) is 25.5 Å². The highest BCUT2D eigenvalue weighted by Crippen LogP contribution is 2.31. The van der Waals surface area contributed by atoms with Gasteiger partial charge in [-0.2, -0.15) is 0 Å². The standard InChI is InChI=1S/C16H21NO6S/c18-16(7-4-12-3-1-8-21-12)17-24(19,20)13-5-6-14-15(11-13)23-10-2-9-22-14/h5-6,11-12H,1-4,7-10H2,(H,17,18). The van der Waals surface area contributed by atoms with E-state index in [9.17, 15) is 13.2 Å². The molecule has 1 unspecified atom stereocenters. The molecule has 1 amide bonds. The third-order valence-corrected chi connectivity index (χ3v) is 5.37. The summed E-state index contributed by atoms with van der Waals surface area (Å²) in [7, 11) is -3.93. The summed E-state index contributed by atoms with van der Waals surface area (Å²) in [4.78, 5) is 11.9. The molecule has 0 bridgehead atoms. The smallest absolute Gasteiger partial charge is 0.264 e. The molecular weight excluding hydrogens is 334 g/mol. The number of ether oxygens (including phenoxy) is 3. The van der Waals surface area contributed by atoms with Crippen LogP contribution >= 0.6 is 0 Å². The van der Waals surface area contributed by atoms with Crippen LogP contribution in [0.25, 0.3) is 0 Å². The monoisotopic (exact) mass is 355 g/mol. The number of hydrogen-bond acceptors (Lipinski definition) is 6. The second-order valence-electron chi connectivity index (χ2n) is 5.86. The summed E-state index contributed by atoms with van der Waals surface area (Å²) in [6, 6.07) is 4.34. The van der Waals surface area contributed by atoms with Crippen molar-refractivity contribution >= 4 is 15.9 Å². The van der Waals surface area contributed by atoms with Crippen LogP contribution < -0.4 is 14.2 Å². The van der Waals surface area contributed by atoms with E-state index in [2.05, 4.69) is 4.72 Å². The molecule has 1 aromatic carbocycles. The average Bonchev–Trinajstić information content (AvgIpc) is 2.96. The molecule has 2 aliphatic rings. The SMILES string of the molecule is O=C(CCC1CCCO1)NS(=O)(=O)c1ccc2c(c1)OCCCO2. The van der Waals surface area contributed by atoms with Crippen molar-refractivity contribution in [3.05, 3.63) is 18.2 Å². The zero-order valence-electron chi connectivity index (χ0n) is 13.3. The molecule has 1 aromatic rings. The summed E-state index contributed by atoms with van der Waals surface area (Å²) in [5.74, 6) is 0.357. The number of hydrogen-bond donors (Lipinski definition) is 1. The van der Waals surface area contributed by atoms with E-state index in [1.165, 1.54) is 12.1 Å². The molecule has 7 nitrogen and oxygen atoms in total. The summed E-state index contributed by atoms with van der Waals surface area (Å²) in [6.45, 7) is 1.70. The maximum absolute atomic E-state index is 12.4. The van der Waals surface area contributed by atoms with Gasteiger partial charge in [0.05, 0.1) is 24.2 Å². The first-order valence-electron chi connectivity index (χ1n) is 8.11. The Bertz CT molecular complexity index is 697. The second kappa shape index (κ2) is 7.40. The van der Waals surface area contributed by atoms with Gasteiger partial charge in [0.2, 0.25) is 5.91 Å². The van der Waals surface area contributed by atoms with Crippen LogP contribution in [0.5, 0.6) is 11.5 Å². The van der Waals surface area contributed by atoms with E-state index in [0.29, 0.717) is 37.7 Å². The van der Waals surface area contributed by atoms with Gasteiger partial charge in [0.15, 0.2) is 11.5 Å². The molecule has 2 heterocycles. The lowest BCUT2D eigenvalue weighted by Gasteiger charge is -2.12. The first-order valence-corrected chi connectivity index (χ1v) is 9.60. The number of amides is 1. The van der Waals surface area contributed by atoms with Gasteiger partial charge in [-0.05, 0) is 31.4 Å². The molecule has 0 saturated carbocycles. The molecule has 3 rings (SSSR count). The van der Waals surface area contributed by atoms with Crippen LogP contribution in [-0.2, 0) is 19.6 Å². The van der Waals surface area contributed by atoms with Crippen molar-refractivity contribution in [2.75, 3.05) is 19.8 Å². The van der Waals surface area contributed by atoms with Gasteiger partial charge < -0.3 is 14.2 Å². The molecule has 2 aliphatic heterocycles. The highest BCUT2D eigenvalue weighted by Gasteiger charge is 2.22. The first-order chi connectivity index (χ1) is 11.5. The number of nitrogens with one attached hydrogen (secondary N) is 1. The van der Waals surface area contributed by atoms with Crippen LogP contribution in [0.2, 0.25) is 0 Å². The molecule has 0 spiro atoms. The van der Waals surface area contributed by atoms with Crippen molar-refractivity contribution in [2.24, 2.45) is 0 Å². The van der Waals surface area contributed by atoms with Crippen molar-refractivity contribution in [1.82, 2.24) is 4.72 Å². The van der Waals surface area contributed by atoms with E-state index < -0.39 is 15.9 Å². The van der Waals surface area contributed by atoms with E-state index in [-0.39, 0.29) is 17.4 Å². The predicted molar refractivity (Wildman–Crippen MR) is 85.6 cm³/mol. The number of carbonyl (C=O) groups excluding carboxylic acids is 1. The Morgan fingerprint density at radius 2 is 1.92 bits per heavy atom. The predicted octanol–water partition coefficient (Wildman–Crippen LogP) is 1.61. The maximum Gasteiger partial charge on any atom is 0.264 e. The van der Waals surface area contributed by atoms with Crippen LogP contribution in [0.1, 0.15) is 32.1 Å². The maximum atomic E-state index is 12.4. The van der Waals surface area contributed by atoms with Crippen LogP contribution in [0.15, 0.2) is 23.1 Å². The number of rotatable bonds is 5. The summed E-state index contributed by atoms with van der Waals surface area (Å²) < 4.78 is 43.2. The van der Waals surface area contributed by atoms with Crippen molar-refractivity contribution in [3.63, 3.8) is 0 Å². The van der Waals surface area contributed by atoms with Crippen molar-refractivity contribution in [1.29, 1.82) is 0 Å². The van der Waals surface area contributed by atoms with Crippen LogP contribution in [-0.4, -0.2) is 40.2 Å². The molecule has 0 aliphatic carbocycles. The van der Waals surface area contributed by atoms with E-state index in [1.807, 2.05) is 0 Å². The molecular formula is C16H21NO6S. The Hall–Kier alpha value is -1.80. The minimum Gasteiger partial charge on any atom is -0.490 e. The van der Waals surface area contributed by atoms with Crippen molar-refractivity contribution in [2.45, 2.75) is 43.1 Å². The number of carbonyl (C=O) groups is 1. The molecule has 1 fully saturated rings. The summed E-state index contributed by atoms with van der Waals surface area (Å²) >= 11 is 0. The fourth-order valence-corrected chi connectivity index (χ4v) is 3.76. The fraction of sp³-hybridized carbons (Fsp3) is 0.562. The molecule has 0 radical (unpaired) electrons. The topological polar surface area (TPSA) is 90.9 Å². The van der Waals surface area contributed by atoms with Gasteiger partial charge in [0.25, 0.3) is 10.0 Å². The number of sulfonamides is 1. The van der Waals surface area contributed by atoms with E-state index >= 15 is 0 Å². The van der Waals surface area contributed by atoms with E-state index in [0.717, 1.165) is 19.3 Å². The minimum absolute atomic E-state index is 0.0165. The summed E-state index contributed by atoms with van der Waals surface area (Å²) in [5, 5.41) is 0. The molecule has 132 valence electrons. The van der Waals surface area contributed by atoms with Gasteiger partial charge >= 0.3 is 0 Å². The minimum atomic E-state index is -3.93. The lowest BCUT2D eigenvalue weighted by Crippen LogP contribution is -2.31.